The molecule has 1 aliphatic heterocycles. The first-order chi connectivity index (χ1) is 11.4. The number of aliphatic hydroxyl groups excluding tert-OH is 1. The lowest BCUT2D eigenvalue weighted by atomic mass is 9.78. The lowest BCUT2D eigenvalue weighted by Gasteiger charge is -2.42. The predicted molar refractivity (Wildman–Crippen MR) is 96.7 cm³/mol. The van der Waals surface area contributed by atoms with E-state index in [1.54, 1.807) is 0 Å². The third kappa shape index (κ3) is 5.30. The summed E-state index contributed by atoms with van der Waals surface area (Å²) >= 11 is 0. The van der Waals surface area contributed by atoms with Crippen LogP contribution in [-0.2, 0) is 4.79 Å². The summed E-state index contributed by atoms with van der Waals surface area (Å²) in [5, 5.41) is 12.9. The van der Waals surface area contributed by atoms with E-state index in [0.717, 1.165) is 38.0 Å². The van der Waals surface area contributed by atoms with Crippen molar-refractivity contribution in [3.63, 3.8) is 0 Å². The topological polar surface area (TPSA) is 55.8 Å². The van der Waals surface area contributed by atoms with Gasteiger partial charge in [-0.25, -0.2) is 0 Å². The molecular weight excluding hydrogens is 302 g/mol. The number of nitrogens with zero attached hydrogens (tertiary/aromatic N) is 2. The number of carbonyl (C=O) groups excluding carboxylic acids is 1. The molecule has 0 bridgehead atoms. The fourth-order valence-electron chi connectivity index (χ4n) is 3.54. The molecule has 5 heteroatoms. The van der Waals surface area contributed by atoms with Crippen molar-refractivity contribution >= 4 is 5.91 Å². The molecule has 1 fully saturated rings. The molecule has 1 amide bonds. The van der Waals surface area contributed by atoms with Gasteiger partial charge < -0.3 is 15.3 Å². The van der Waals surface area contributed by atoms with Gasteiger partial charge in [-0.15, -0.1) is 0 Å². The van der Waals surface area contributed by atoms with E-state index in [0.29, 0.717) is 6.54 Å². The van der Waals surface area contributed by atoms with Crippen molar-refractivity contribution in [3.8, 4) is 0 Å². The van der Waals surface area contributed by atoms with Crippen molar-refractivity contribution < 1.29 is 9.90 Å². The number of nitrogens with one attached hydrogen (secondary N) is 1. The molecule has 24 heavy (non-hydrogen) atoms. The van der Waals surface area contributed by atoms with Gasteiger partial charge in [-0.3, -0.25) is 9.69 Å². The summed E-state index contributed by atoms with van der Waals surface area (Å²) in [7, 11) is 4.09. The molecule has 1 aromatic rings. The van der Waals surface area contributed by atoms with E-state index in [-0.39, 0.29) is 24.0 Å². The number of benzene rings is 1. The Labute approximate surface area is 145 Å². The Hall–Kier alpha value is -1.43. The maximum absolute atomic E-state index is 12.3. The summed E-state index contributed by atoms with van der Waals surface area (Å²) in [6, 6.07) is 10.0. The summed E-state index contributed by atoms with van der Waals surface area (Å²) in [4.78, 5) is 16.6. The number of likely N-dealkylation sites (tertiary alicyclic amines) is 1. The third-order valence-corrected chi connectivity index (χ3v) is 4.95. The first kappa shape index (κ1) is 18.9. The van der Waals surface area contributed by atoms with Crippen LogP contribution in [0.3, 0.4) is 0 Å². The van der Waals surface area contributed by atoms with E-state index in [1.807, 2.05) is 51.4 Å². The van der Waals surface area contributed by atoms with Crippen LogP contribution in [0.25, 0.3) is 0 Å². The molecule has 1 unspecified atom stereocenters. The Kier molecular flexibility index (Phi) is 6.78. The second-order valence-electron chi connectivity index (χ2n) is 7.37. The number of aliphatic hydroxyl groups is 1. The molecule has 5 nitrogen and oxygen atoms in total. The van der Waals surface area contributed by atoms with Crippen LogP contribution in [0.2, 0.25) is 0 Å². The van der Waals surface area contributed by atoms with Crippen LogP contribution in [-0.4, -0.2) is 67.7 Å². The van der Waals surface area contributed by atoms with E-state index in [2.05, 4.69) is 15.1 Å². The lowest BCUT2D eigenvalue weighted by Crippen LogP contribution is -2.49. The highest BCUT2D eigenvalue weighted by molar-refractivity contribution is 5.78. The molecule has 0 spiro atoms. The van der Waals surface area contributed by atoms with E-state index < -0.39 is 0 Å². The predicted octanol–water partition coefficient (Wildman–Crippen LogP) is 1.50. The van der Waals surface area contributed by atoms with Crippen molar-refractivity contribution in [1.29, 1.82) is 0 Å². The van der Waals surface area contributed by atoms with Crippen LogP contribution in [0.5, 0.6) is 0 Å². The average Bonchev–Trinajstić information content (AvgIpc) is 2.57. The van der Waals surface area contributed by atoms with Crippen molar-refractivity contribution in [2.45, 2.75) is 25.8 Å². The average molecular weight is 333 g/mol. The van der Waals surface area contributed by atoms with E-state index in [9.17, 15) is 9.90 Å². The van der Waals surface area contributed by atoms with Crippen LogP contribution in [0.1, 0.15) is 31.4 Å². The molecule has 2 rings (SSSR count). The van der Waals surface area contributed by atoms with Gasteiger partial charge in [0.2, 0.25) is 5.91 Å². The number of rotatable bonds is 7. The van der Waals surface area contributed by atoms with Crippen LogP contribution in [0.15, 0.2) is 30.3 Å². The first-order valence-electron chi connectivity index (χ1n) is 8.76. The molecule has 0 saturated carbocycles. The SMILES string of the molecule is CC(NC(=O)CN1CCC(CO)(CN(C)C)CC1)c1ccccc1. The Morgan fingerprint density at radius 1 is 1.29 bits per heavy atom. The summed E-state index contributed by atoms with van der Waals surface area (Å²) in [5.41, 5.74) is 1.10. The highest BCUT2D eigenvalue weighted by Crippen LogP contribution is 2.31. The minimum absolute atomic E-state index is 0.0200. The lowest BCUT2D eigenvalue weighted by molar-refractivity contribution is -0.123. The van der Waals surface area contributed by atoms with Crippen LogP contribution < -0.4 is 5.32 Å². The summed E-state index contributed by atoms with van der Waals surface area (Å²) in [6.07, 6.45) is 1.87. The smallest absolute Gasteiger partial charge is 0.234 e. The minimum atomic E-state index is -0.0200. The zero-order valence-corrected chi connectivity index (χ0v) is 15.2. The number of amides is 1. The van der Waals surface area contributed by atoms with E-state index >= 15 is 0 Å². The molecule has 134 valence electrons. The highest BCUT2D eigenvalue weighted by atomic mass is 16.3. The molecule has 1 heterocycles. The van der Waals surface area contributed by atoms with Gasteiger partial charge in [-0.2, -0.15) is 0 Å². The van der Waals surface area contributed by atoms with Crippen LogP contribution >= 0.6 is 0 Å². The fraction of sp³-hybridized carbons (Fsp3) is 0.632. The van der Waals surface area contributed by atoms with Crippen LogP contribution in [0.4, 0.5) is 0 Å². The van der Waals surface area contributed by atoms with E-state index in [1.165, 1.54) is 0 Å². The Morgan fingerprint density at radius 3 is 2.46 bits per heavy atom. The molecule has 0 aromatic heterocycles. The van der Waals surface area contributed by atoms with Gasteiger partial charge in [0, 0.05) is 12.0 Å². The van der Waals surface area contributed by atoms with Crippen molar-refractivity contribution in [1.82, 2.24) is 15.1 Å². The monoisotopic (exact) mass is 333 g/mol. The largest absolute Gasteiger partial charge is 0.396 e. The van der Waals surface area contributed by atoms with Crippen molar-refractivity contribution in [2.75, 3.05) is 46.9 Å². The Bertz CT molecular complexity index is 511. The van der Waals surface area contributed by atoms with Gasteiger partial charge in [-0.05, 0) is 52.5 Å². The zero-order valence-electron chi connectivity index (χ0n) is 15.2. The Morgan fingerprint density at radius 2 is 1.92 bits per heavy atom. The molecule has 1 aliphatic rings. The molecule has 0 aliphatic carbocycles. The van der Waals surface area contributed by atoms with Crippen molar-refractivity contribution in [3.05, 3.63) is 35.9 Å². The summed E-state index contributed by atoms with van der Waals surface area (Å²) < 4.78 is 0. The maximum Gasteiger partial charge on any atom is 0.234 e. The zero-order chi connectivity index (χ0) is 17.6. The second-order valence-corrected chi connectivity index (χ2v) is 7.37. The standard InChI is InChI=1S/C19H31N3O2/c1-16(17-7-5-4-6-8-17)20-18(24)13-22-11-9-19(15-23,10-12-22)14-21(2)3/h4-8,16,23H,9-15H2,1-3H3,(H,20,24). The minimum Gasteiger partial charge on any atom is -0.396 e. The number of hydrogen-bond acceptors (Lipinski definition) is 4. The number of hydrogen-bond donors (Lipinski definition) is 2. The van der Waals surface area contributed by atoms with E-state index in [4.69, 9.17) is 0 Å². The first-order valence-corrected chi connectivity index (χ1v) is 8.76. The number of carbonyl (C=O) groups is 1. The normalized spacial score (nSPS) is 19.2. The molecule has 2 N–H and O–H groups in total. The molecular formula is C19H31N3O2. The molecule has 1 aromatic carbocycles. The van der Waals surface area contributed by atoms with Crippen molar-refractivity contribution in [2.24, 2.45) is 5.41 Å². The quantitative estimate of drug-likeness (QED) is 0.794. The fourth-order valence-corrected chi connectivity index (χ4v) is 3.54. The molecule has 1 saturated heterocycles. The van der Waals surface area contributed by atoms with Gasteiger partial charge in [0.1, 0.15) is 0 Å². The summed E-state index contributed by atoms with van der Waals surface area (Å²) in [5.74, 6) is 0.0652. The third-order valence-electron chi connectivity index (χ3n) is 4.95. The maximum atomic E-state index is 12.3. The second kappa shape index (κ2) is 8.60. The highest BCUT2D eigenvalue weighted by Gasteiger charge is 2.34. The molecule has 1 atom stereocenters. The van der Waals surface area contributed by atoms with Gasteiger partial charge in [0.25, 0.3) is 0 Å². The summed E-state index contributed by atoms with van der Waals surface area (Å²) in [6.45, 7) is 5.28. The van der Waals surface area contributed by atoms with Gasteiger partial charge >= 0.3 is 0 Å². The Balaban J connectivity index is 1.80. The van der Waals surface area contributed by atoms with Gasteiger partial charge in [0.15, 0.2) is 0 Å². The molecule has 0 radical (unpaired) electrons. The number of piperidine rings is 1. The van der Waals surface area contributed by atoms with Gasteiger partial charge in [0.05, 0.1) is 19.2 Å². The van der Waals surface area contributed by atoms with Gasteiger partial charge in [-0.1, -0.05) is 30.3 Å². The van der Waals surface area contributed by atoms with Crippen LogP contribution in [0, 0.1) is 5.41 Å².